The molecular weight excluding hydrogens is 127 g/mol. The van der Waals surface area contributed by atoms with E-state index < -0.39 is 0 Å². The minimum atomic E-state index is 0.131. The van der Waals surface area contributed by atoms with E-state index in [4.69, 9.17) is 0 Å². The van der Waals surface area contributed by atoms with Crippen molar-refractivity contribution < 1.29 is 0 Å². The predicted octanol–water partition coefficient (Wildman–Crippen LogP) is 1.50. The minimum Gasteiger partial charge on any atom is -0.209 e. The van der Waals surface area contributed by atoms with Gasteiger partial charge in [0.25, 0.3) is 0 Å². The van der Waals surface area contributed by atoms with E-state index in [1.54, 1.807) is 10.9 Å². The van der Waals surface area contributed by atoms with Crippen LogP contribution in [0.25, 0.3) is 0 Å². The van der Waals surface area contributed by atoms with Crippen molar-refractivity contribution in [2.75, 3.05) is 6.66 Å². The molecule has 0 spiro atoms. The highest BCUT2D eigenvalue weighted by atomic mass is 31.1. The second kappa shape index (κ2) is 1.75. The standard InChI is InChI=1S/C8H9P/c1-9-6-5-7-3-2-4-8(7)9/h2-4,6H,5H2,1H3. The Morgan fingerprint density at radius 1 is 1.67 bits per heavy atom. The molecule has 1 heterocycles. The lowest BCUT2D eigenvalue weighted by atomic mass is 10.3. The summed E-state index contributed by atoms with van der Waals surface area (Å²) in [5.41, 5.74) is 1.56. The van der Waals surface area contributed by atoms with Crippen molar-refractivity contribution in [3.63, 3.8) is 0 Å². The lowest BCUT2D eigenvalue weighted by molar-refractivity contribution is 1.46. The molecule has 2 rings (SSSR count). The average Bonchev–Trinajstić information content (AvgIpc) is 2.35. The molecule has 0 bridgehead atoms. The summed E-state index contributed by atoms with van der Waals surface area (Å²) < 4.78 is 0. The Hall–Kier alpha value is -0.480. The largest absolute Gasteiger partial charge is 0.209 e. The Balaban J connectivity index is 2.62. The van der Waals surface area contributed by atoms with Crippen LogP contribution in [0.1, 0.15) is 5.56 Å². The van der Waals surface area contributed by atoms with Gasteiger partial charge in [0.2, 0.25) is 0 Å². The van der Waals surface area contributed by atoms with Crippen molar-refractivity contribution in [3.8, 4) is 0 Å². The topological polar surface area (TPSA) is 0 Å². The fourth-order valence-corrected chi connectivity index (χ4v) is 2.91. The zero-order valence-electron chi connectivity index (χ0n) is 5.46. The molecule has 0 nitrogen and oxygen atoms in total. The van der Waals surface area contributed by atoms with Crippen molar-refractivity contribution in [3.05, 3.63) is 23.8 Å². The molecule has 1 unspecified atom stereocenters. The van der Waals surface area contributed by atoms with Crippen molar-refractivity contribution in [1.82, 2.24) is 0 Å². The zero-order chi connectivity index (χ0) is 6.27. The van der Waals surface area contributed by atoms with Gasteiger partial charge in [-0.15, -0.1) is 11.6 Å². The molecule has 1 aliphatic heterocycles. The fraction of sp³-hybridized carbons (Fsp3) is 0.250. The molecule has 0 fully saturated rings. The molecule has 0 aromatic heterocycles. The zero-order valence-corrected chi connectivity index (χ0v) is 6.36. The minimum absolute atomic E-state index is 0.131. The van der Waals surface area contributed by atoms with Crippen molar-refractivity contribution in [2.45, 2.75) is 6.42 Å². The number of hydrogen-bond acceptors (Lipinski definition) is 0. The van der Waals surface area contributed by atoms with Crippen LogP contribution in [-0.2, 0) is 6.42 Å². The Bertz CT molecular complexity index is 255. The van der Waals surface area contributed by atoms with E-state index in [1.807, 2.05) is 0 Å². The first kappa shape index (κ1) is 5.32. The van der Waals surface area contributed by atoms with Crippen molar-refractivity contribution >= 4 is 18.6 Å². The van der Waals surface area contributed by atoms with Gasteiger partial charge in [0.15, 0.2) is 0 Å². The summed E-state index contributed by atoms with van der Waals surface area (Å²) in [6, 6.07) is 6.65. The van der Waals surface area contributed by atoms with Gasteiger partial charge >= 0.3 is 0 Å². The maximum absolute atomic E-state index is 2.43. The van der Waals surface area contributed by atoms with E-state index in [9.17, 15) is 0 Å². The summed E-state index contributed by atoms with van der Waals surface area (Å²) in [6.07, 6.45) is 1.21. The highest BCUT2D eigenvalue weighted by Gasteiger charge is 2.11. The molecule has 0 saturated carbocycles. The highest BCUT2D eigenvalue weighted by molar-refractivity contribution is 7.65. The first-order chi connectivity index (χ1) is 4.38. The molecule has 0 aliphatic carbocycles. The maximum atomic E-state index is 2.43. The summed E-state index contributed by atoms with van der Waals surface area (Å²) in [5.74, 6) is 2.43. The Morgan fingerprint density at radius 3 is 3.33 bits per heavy atom. The number of fused-ring (bicyclic) bond motifs is 1. The second-order valence-electron chi connectivity index (χ2n) is 2.43. The molecule has 1 atom stereocenters. The molecular formula is C8H9P. The van der Waals surface area contributed by atoms with Gasteiger partial charge in [0.05, 0.1) is 20.0 Å². The van der Waals surface area contributed by atoms with Gasteiger partial charge in [-0.25, -0.2) is 12.1 Å². The van der Waals surface area contributed by atoms with Gasteiger partial charge in [-0.2, -0.15) is 0 Å². The molecule has 1 aliphatic rings. The third-order valence-electron chi connectivity index (χ3n) is 1.85. The van der Waals surface area contributed by atoms with Crippen LogP contribution in [0.2, 0.25) is 0 Å². The first-order valence-corrected chi connectivity index (χ1v) is 5.04. The lowest BCUT2D eigenvalue weighted by Gasteiger charge is -1.86. The molecule has 0 saturated heterocycles. The number of rotatable bonds is 0. The van der Waals surface area contributed by atoms with Gasteiger partial charge in [0.1, 0.15) is 0 Å². The summed E-state index contributed by atoms with van der Waals surface area (Å²) in [5, 5.41) is 1.60. The lowest BCUT2D eigenvalue weighted by Crippen LogP contribution is -1.90. The van der Waals surface area contributed by atoms with E-state index in [0.29, 0.717) is 0 Å². The molecule has 1 aromatic carbocycles. The van der Waals surface area contributed by atoms with E-state index in [0.717, 1.165) is 0 Å². The average molecular weight is 136 g/mol. The highest BCUT2D eigenvalue weighted by Crippen LogP contribution is 2.25. The number of hydrogen-bond donors (Lipinski definition) is 0. The fourth-order valence-electron chi connectivity index (χ4n) is 1.30. The van der Waals surface area contributed by atoms with Crippen LogP contribution in [0.4, 0.5) is 0 Å². The third kappa shape index (κ3) is 0.668. The Labute approximate surface area is 56.3 Å². The Kier molecular flexibility index (Phi) is 1.03. The van der Waals surface area contributed by atoms with Crippen LogP contribution in [-0.4, -0.2) is 12.5 Å². The molecule has 9 heavy (non-hydrogen) atoms. The van der Waals surface area contributed by atoms with Crippen LogP contribution in [0, 0.1) is 0 Å². The predicted molar refractivity (Wildman–Crippen MR) is 44.3 cm³/mol. The van der Waals surface area contributed by atoms with Gasteiger partial charge in [-0.3, -0.25) is 0 Å². The molecule has 1 heteroatoms. The van der Waals surface area contributed by atoms with Gasteiger partial charge in [0, 0.05) is 11.7 Å². The van der Waals surface area contributed by atoms with Crippen LogP contribution in [0.15, 0.2) is 18.2 Å². The first-order valence-electron chi connectivity index (χ1n) is 3.18. The van der Waals surface area contributed by atoms with E-state index in [-0.39, 0.29) is 7.55 Å². The van der Waals surface area contributed by atoms with E-state index in [1.165, 1.54) is 6.42 Å². The SMILES string of the molecule is C[P+]1=CCc2ccc[c-]21. The van der Waals surface area contributed by atoms with E-state index in [2.05, 4.69) is 30.7 Å². The van der Waals surface area contributed by atoms with Crippen LogP contribution >= 0.6 is 7.55 Å². The maximum Gasteiger partial charge on any atom is 0.0898 e. The summed E-state index contributed by atoms with van der Waals surface area (Å²) in [6.45, 7) is 2.32. The van der Waals surface area contributed by atoms with E-state index >= 15 is 0 Å². The van der Waals surface area contributed by atoms with Crippen molar-refractivity contribution in [1.29, 1.82) is 0 Å². The third-order valence-corrected chi connectivity index (χ3v) is 3.77. The smallest absolute Gasteiger partial charge is 0.0898 e. The summed E-state index contributed by atoms with van der Waals surface area (Å²) >= 11 is 0. The van der Waals surface area contributed by atoms with Crippen LogP contribution in [0.3, 0.4) is 0 Å². The quantitative estimate of drug-likeness (QED) is 0.374. The van der Waals surface area contributed by atoms with Crippen LogP contribution in [0.5, 0.6) is 0 Å². The Morgan fingerprint density at radius 2 is 2.56 bits per heavy atom. The molecule has 0 N–H and O–H groups in total. The van der Waals surface area contributed by atoms with Gasteiger partial charge < -0.3 is 0 Å². The molecule has 0 radical (unpaired) electrons. The normalized spacial score (nSPS) is 19.4. The van der Waals surface area contributed by atoms with Gasteiger partial charge in [-0.05, 0) is 0 Å². The summed E-state index contributed by atoms with van der Waals surface area (Å²) in [4.78, 5) is 0. The van der Waals surface area contributed by atoms with Crippen LogP contribution < -0.4 is 5.30 Å². The second-order valence-corrected chi connectivity index (χ2v) is 4.50. The summed E-state index contributed by atoms with van der Waals surface area (Å²) in [7, 11) is 0.131. The molecule has 46 valence electrons. The van der Waals surface area contributed by atoms with Gasteiger partial charge in [-0.1, -0.05) is 0 Å². The van der Waals surface area contributed by atoms with Crippen molar-refractivity contribution in [2.24, 2.45) is 0 Å². The molecule has 0 amide bonds. The monoisotopic (exact) mass is 136 g/mol. The molecule has 1 aromatic rings.